The van der Waals surface area contributed by atoms with Gasteiger partial charge in [-0.1, -0.05) is 172 Å². The Balaban J connectivity index is 1.76. The fourth-order valence-corrected chi connectivity index (χ4v) is 5.77. The molecule has 5 heteroatoms. The molecule has 2 rings (SSSR count). The molecule has 2 aromatic carbocycles. The zero-order chi connectivity index (χ0) is 32.4. The van der Waals surface area contributed by atoms with Crippen LogP contribution in [0.25, 0.3) is 11.1 Å². The van der Waals surface area contributed by atoms with Crippen LogP contribution in [0.3, 0.4) is 0 Å². The van der Waals surface area contributed by atoms with Crippen molar-refractivity contribution in [3.8, 4) is 11.1 Å². The molecule has 0 fully saturated rings. The van der Waals surface area contributed by atoms with E-state index in [-0.39, 0.29) is 12.0 Å². The second-order valence-corrected chi connectivity index (χ2v) is 12.5. The number of unbranched alkanes of at least 4 members (excludes halogenated alkanes) is 19. The quantitative estimate of drug-likeness (QED) is 0.0594. The van der Waals surface area contributed by atoms with E-state index < -0.39 is 17.9 Å². The van der Waals surface area contributed by atoms with Gasteiger partial charge in [-0.3, -0.25) is 4.79 Å². The predicted molar refractivity (Wildman–Crippen MR) is 186 cm³/mol. The van der Waals surface area contributed by atoms with E-state index in [1.807, 2.05) is 12.1 Å². The Morgan fingerprint density at radius 1 is 0.467 bits per heavy atom. The highest BCUT2D eigenvalue weighted by molar-refractivity contribution is 6.05. The van der Waals surface area contributed by atoms with E-state index in [0.29, 0.717) is 23.3 Å². The molecule has 250 valence electrons. The van der Waals surface area contributed by atoms with E-state index in [4.69, 9.17) is 9.47 Å². The van der Waals surface area contributed by atoms with Gasteiger partial charge in [0, 0.05) is 6.42 Å². The van der Waals surface area contributed by atoms with Crippen molar-refractivity contribution in [3.05, 3.63) is 59.7 Å². The van der Waals surface area contributed by atoms with Gasteiger partial charge in [-0.15, -0.1) is 0 Å². The Morgan fingerprint density at radius 2 is 0.844 bits per heavy atom. The maximum Gasteiger partial charge on any atom is 0.346 e. The molecule has 0 aliphatic heterocycles. The van der Waals surface area contributed by atoms with E-state index >= 15 is 0 Å². The van der Waals surface area contributed by atoms with Crippen LogP contribution in [0.5, 0.6) is 0 Å². The summed E-state index contributed by atoms with van der Waals surface area (Å²) in [5.74, 6) is -1.60. The van der Waals surface area contributed by atoms with Crippen molar-refractivity contribution < 1.29 is 23.9 Å². The first-order valence-corrected chi connectivity index (χ1v) is 18.2. The first kappa shape index (κ1) is 38.2. The van der Waals surface area contributed by atoms with Gasteiger partial charge in [0.25, 0.3) is 0 Å². The summed E-state index contributed by atoms with van der Waals surface area (Å²) in [7, 11) is 0. The lowest BCUT2D eigenvalue weighted by Crippen LogP contribution is -2.14. The van der Waals surface area contributed by atoms with Gasteiger partial charge in [-0.25, -0.2) is 9.59 Å². The van der Waals surface area contributed by atoms with Crippen molar-refractivity contribution in [2.24, 2.45) is 0 Å². The van der Waals surface area contributed by atoms with Gasteiger partial charge < -0.3 is 9.47 Å². The third-order valence-corrected chi connectivity index (χ3v) is 8.51. The van der Waals surface area contributed by atoms with E-state index in [2.05, 4.69) is 13.8 Å². The summed E-state index contributed by atoms with van der Waals surface area (Å²) in [4.78, 5) is 38.6. The van der Waals surface area contributed by atoms with Crippen molar-refractivity contribution in [3.63, 3.8) is 0 Å². The zero-order valence-corrected chi connectivity index (χ0v) is 28.4. The zero-order valence-electron chi connectivity index (χ0n) is 28.4. The van der Waals surface area contributed by atoms with Crippen LogP contribution >= 0.6 is 0 Å². The fraction of sp³-hybridized carbons (Fsp3) is 0.625. The second-order valence-electron chi connectivity index (χ2n) is 12.5. The molecular weight excluding hydrogens is 560 g/mol. The summed E-state index contributed by atoms with van der Waals surface area (Å²) < 4.78 is 10.9. The van der Waals surface area contributed by atoms with Crippen LogP contribution in [0.4, 0.5) is 0 Å². The van der Waals surface area contributed by atoms with Crippen LogP contribution in [0, 0.1) is 0 Å². The van der Waals surface area contributed by atoms with Gasteiger partial charge in [0.05, 0.1) is 17.7 Å². The molecule has 0 bridgehead atoms. The lowest BCUT2D eigenvalue weighted by atomic mass is 9.95. The van der Waals surface area contributed by atoms with Gasteiger partial charge in [-0.2, -0.15) is 0 Å². The normalized spacial score (nSPS) is 11.0. The molecule has 0 N–H and O–H groups in total. The van der Waals surface area contributed by atoms with E-state index in [0.717, 1.165) is 38.5 Å². The van der Waals surface area contributed by atoms with E-state index in [1.54, 1.807) is 36.4 Å². The van der Waals surface area contributed by atoms with Gasteiger partial charge in [0.2, 0.25) is 0 Å². The lowest BCUT2D eigenvalue weighted by molar-refractivity contribution is -0.138. The molecule has 0 radical (unpaired) electrons. The predicted octanol–water partition coefficient (Wildman–Crippen LogP) is 11.8. The number of benzene rings is 2. The van der Waals surface area contributed by atoms with Crippen molar-refractivity contribution in [2.75, 3.05) is 6.61 Å². The summed E-state index contributed by atoms with van der Waals surface area (Å²) in [5.41, 5.74) is 1.81. The molecule has 2 aromatic rings. The molecule has 0 unspecified atom stereocenters. The number of hydrogen-bond donors (Lipinski definition) is 0. The van der Waals surface area contributed by atoms with Crippen LogP contribution < -0.4 is 0 Å². The molecular formula is C40H60O5. The van der Waals surface area contributed by atoms with Crippen molar-refractivity contribution >= 4 is 17.9 Å². The first-order chi connectivity index (χ1) is 22.1. The monoisotopic (exact) mass is 620 g/mol. The Morgan fingerprint density at radius 3 is 1.31 bits per heavy atom. The standard InChI is InChI=1S/C40H60O5/c1-3-5-7-9-11-13-15-16-18-20-22-32-38(41)45-40(43)37-31-26-24-29-35(37)34-28-23-25-30-36(34)39(42)44-33-27-21-19-17-14-12-10-8-6-4-2/h23-26,28-31H,3-22,27,32-33H2,1-2H3. The Bertz CT molecular complexity index is 1090. The number of rotatable bonds is 26. The number of carbonyl (C=O) groups is 3. The minimum absolute atomic E-state index is 0.229. The van der Waals surface area contributed by atoms with Crippen molar-refractivity contribution in [2.45, 2.75) is 155 Å². The maximum atomic E-state index is 13.1. The van der Waals surface area contributed by atoms with Gasteiger partial charge >= 0.3 is 17.9 Å². The van der Waals surface area contributed by atoms with Crippen LogP contribution in [0.15, 0.2) is 48.5 Å². The van der Waals surface area contributed by atoms with Gasteiger partial charge in [-0.05, 0) is 36.1 Å². The van der Waals surface area contributed by atoms with Crippen LogP contribution in [0.1, 0.15) is 176 Å². The van der Waals surface area contributed by atoms with Crippen molar-refractivity contribution in [1.82, 2.24) is 0 Å². The Hall–Kier alpha value is -2.95. The Kier molecular flexibility index (Phi) is 21.5. The summed E-state index contributed by atoms with van der Waals surface area (Å²) in [6.45, 7) is 4.86. The third kappa shape index (κ3) is 16.8. The topological polar surface area (TPSA) is 69.7 Å². The van der Waals surface area contributed by atoms with Crippen molar-refractivity contribution in [1.29, 1.82) is 0 Å². The molecule has 0 aliphatic carbocycles. The third-order valence-electron chi connectivity index (χ3n) is 8.51. The highest BCUT2D eigenvalue weighted by atomic mass is 16.6. The highest BCUT2D eigenvalue weighted by Gasteiger charge is 2.21. The summed E-state index contributed by atoms with van der Waals surface area (Å²) in [6, 6.07) is 14.1. The number of hydrogen-bond acceptors (Lipinski definition) is 5. The molecule has 0 spiro atoms. The molecule has 45 heavy (non-hydrogen) atoms. The maximum absolute atomic E-state index is 13.1. The van der Waals surface area contributed by atoms with E-state index in [1.165, 1.54) is 96.3 Å². The minimum atomic E-state index is -0.688. The molecule has 0 aliphatic rings. The largest absolute Gasteiger partial charge is 0.462 e. The molecule has 0 saturated carbocycles. The summed E-state index contributed by atoms with van der Waals surface area (Å²) in [5, 5.41) is 0. The first-order valence-electron chi connectivity index (χ1n) is 18.2. The Labute approximate surface area is 273 Å². The van der Waals surface area contributed by atoms with Gasteiger partial charge in [0.1, 0.15) is 0 Å². The van der Waals surface area contributed by atoms with E-state index in [9.17, 15) is 14.4 Å². The molecule has 0 amide bonds. The molecule has 0 aromatic heterocycles. The molecule has 5 nitrogen and oxygen atoms in total. The van der Waals surface area contributed by atoms with Gasteiger partial charge in [0.15, 0.2) is 0 Å². The summed E-state index contributed by atoms with van der Waals surface area (Å²) >= 11 is 0. The average Bonchev–Trinajstić information content (AvgIpc) is 3.06. The number of carbonyl (C=O) groups excluding carboxylic acids is 3. The number of ether oxygens (including phenoxy) is 2. The lowest BCUT2D eigenvalue weighted by Gasteiger charge is -2.13. The number of esters is 3. The SMILES string of the molecule is CCCCCCCCCCCCCC(=O)OC(=O)c1ccccc1-c1ccccc1C(=O)OCCCCCCCCCCCC. The van der Waals surface area contributed by atoms with Crippen LogP contribution in [-0.4, -0.2) is 24.5 Å². The summed E-state index contributed by atoms with van der Waals surface area (Å²) in [6.07, 6.45) is 25.6. The van der Waals surface area contributed by atoms with Crippen LogP contribution in [0.2, 0.25) is 0 Å². The van der Waals surface area contributed by atoms with Crippen LogP contribution in [-0.2, 0) is 14.3 Å². The fourth-order valence-electron chi connectivity index (χ4n) is 5.77. The average molecular weight is 621 g/mol. The molecule has 0 saturated heterocycles. The minimum Gasteiger partial charge on any atom is -0.462 e. The molecule has 0 atom stereocenters. The highest BCUT2D eigenvalue weighted by Crippen LogP contribution is 2.29. The second kappa shape index (κ2) is 25.3. The molecule has 0 heterocycles. The smallest absolute Gasteiger partial charge is 0.346 e.